The van der Waals surface area contributed by atoms with Crippen molar-refractivity contribution < 1.29 is 9.21 Å². The molecule has 1 aliphatic rings. The molecule has 6 nitrogen and oxygen atoms in total. The predicted molar refractivity (Wildman–Crippen MR) is 90.3 cm³/mol. The van der Waals surface area contributed by atoms with Gasteiger partial charge in [-0.15, -0.1) is 22.5 Å². The third-order valence-corrected chi connectivity index (χ3v) is 4.11. The van der Waals surface area contributed by atoms with Crippen molar-refractivity contribution in [1.82, 2.24) is 20.0 Å². The summed E-state index contributed by atoms with van der Waals surface area (Å²) in [4.78, 5) is 16.9. The van der Waals surface area contributed by atoms with E-state index in [1.807, 2.05) is 23.1 Å². The van der Waals surface area contributed by atoms with E-state index in [0.717, 1.165) is 31.6 Å². The monoisotopic (exact) mass is 324 g/mol. The highest BCUT2D eigenvalue weighted by molar-refractivity contribution is 5.95. The van der Waals surface area contributed by atoms with Crippen LogP contribution in [-0.2, 0) is 0 Å². The molecule has 6 heteroatoms. The van der Waals surface area contributed by atoms with E-state index in [9.17, 15) is 4.79 Å². The van der Waals surface area contributed by atoms with Gasteiger partial charge in [0.15, 0.2) is 0 Å². The fourth-order valence-electron chi connectivity index (χ4n) is 2.78. The number of hydrogen-bond acceptors (Lipinski definition) is 5. The number of carbonyl (C=O) groups is 1. The summed E-state index contributed by atoms with van der Waals surface area (Å²) < 4.78 is 5.43. The molecule has 1 saturated heterocycles. The Balaban J connectivity index is 1.67. The van der Waals surface area contributed by atoms with Crippen LogP contribution in [0.15, 0.2) is 28.7 Å². The van der Waals surface area contributed by atoms with Crippen molar-refractivity contribution in [3.8, 4) is 23.8 Å². The van der Waals surface area contributed by atoms with Gasteiger partial charge in [-0.2, -0.15) is 0 Å². The number of aryl methyl sites for hydroxylation is 1. The summed E-state index contributed by atoms with van der Waals surface area (Å²) in [7, 11) is 0. The Morgan fingerprint density at radius 3 is 2.75 bits per heavy atom. The van der Waals surface area contributed by atoms with E-state index in [1.54, 1.807) is 13.0 Å². The zero-order valence-corrected chi connectivity index (χ0v) is 13.7. The van der Waals surface area contributed by atoms with Gasteiger partial charge in [-0.25, -0.2) is 0 Å². The molecule has 1 fully saturated rings. The standard InChI is InChI=1S/C18H20N4O2/c1-3-4-8-21-9-11-22(12-10-21)18(23)16-7-5-6-15(13-16)17-20-19-14(2)24-17/h1,5-7,13H,4,8-12H2,2H3. The average Bonchev–Trinajstić information content (AvgIpc) is 3.06. The summed E-state index contributed by atoms with van der Waals surface area (Å²) in [6.45, 7) is 5.78. The molecule has 2 aromatic rings. The number of carbonyl (C=O) groups excluding carboxylic acids is 1. The highest BCUT2D eigenvalue weighted by Crippen LogP contribution is 2.20. The largest absolute Gasteiger partial charge is 0.421 e. The summed E-state index contributed by atoms with van der Waals surface area (Å²) in [5.41, 5.74) is 1.40. The van der Waals surface area contributed by atoms with Crippen LogP contribution in [0.1, 0.15) is 22.7 Å². The molecule has 0 saturated carbocycles. The van der Waals surface area contributed by atoms with Crippen molar-refractivity contribution in [3.05, 3.63) is 35.7 Å². The Bertz CT molecular complexity index is 754. The predicted octanol–water partition coefficient (Wildman–Crippen LogP) is 1.83. The van der Waals surface area contributed by atoms with E-state index < -0.39 is 0 Å². The zero-order valence-electron chi connectivity index (χ0n) is 13.7. The second kappa shape index (κ2) is 7.28. The van der Waals surface area contributed by atoms with Gasteiger partial charge in [-0.1, -0.05) is 6.07 Å². The van der Waals surface area contributed by atoms with Crippen molar-refractivity contribution >= 4 is 5.91 Å². The molecule has 0 atom stereocenters. The molecule has 1 aliphatic heterocycles. The molecule has 0 radical (unpaired) electrons. The molecule has 3 rings (SSSR count). The van der Waals surface area contributed by atoms with Crippen LogP contribution in [0.25, 0.3) is 11.5 Å². The number of piperazine rings is 1. The van der Waals surface area contributed by atoms with Crippen LogP contribution in [0.3, 0.4) is 0 Å². The number of nitrogens with zero attached hydrogens (tertiary/aromatic N) is 4. The first-order chi connectivity index (χ1) is 11.7. The van der Waals surface area contributed by atoms with Crippen LogP contribution in [0, 0.1) is 19.3 Å². The lowest BCUT2D eigenvalue weighted by Gasteiger charge is -2.34. The molecule has 24 heavy (non-hydrogen) atoms. The van der Waals surface area contributed by atoms with Gasteiger partial charge < -0.3 is 9.32 Å². The first-order valence-electron chi connectivity index (χ1n) is 8.03. The van der Waals surface area contributed by atoms with E-state index in [4.69, 9.17) is 10.8 Å². The molecular formula is C18H20N4O2. The zero-order chi connectivity index (χ0) is 16.9. The molecule has 0 spiro atoms. The van der Waals surface area contributed by atoms with Gasteiger partial charge in [0.1, 0.15) is 0 Å². The lowest BCUT2D eigenvalue weighted by Crippen LogP contribution is -2.48. The van der Waals surface area contributed by atoms with E-state index in [1.165, 1.54) is 0 Å². The number of terminal acetylenes is 1. The normalized spacial score (nSPS) is 15.2. The third kappa shape index (κ3) is 3.63. The summed E-state index contributed by atoms with van der Waals surface area (Å²) in [6.07, 6.45) is 6.05. The maximum absolute atomic E-state index is 12.7. The molecular weight excluding hydrogens is 304 g/mol. The van der Waals surface area contributed by atoms with Crippen LogP contribution < -0.4 is 0 Å². The van der Waals surface area contributed by atoms with Crippen molar-refractivity contribution in [1.29, 1.82) is 0 Å². The number of benzene rings is 1. The minimum absolute atomic E-state index is 0.0321. The number of amides is 1. The minimum atomic E-state index is 0.0321. The Hall–Kier alpha value is -2.65. The second-order valence-electron chi connectivity index (χ2n) is 5.80. The van der Waals surface area contributed by atoms with Gasteiger partial charge in [0.05, 0.1) is 0 Å². The first-order valence-corrected chi connectivity index (χ1v) is 8.03. The average molecular weight is 324 g/mol. The molecule has 1 aromatic carbocycles. The van der Waals surface area contributed by atoms with Gasteiger partial charge >= 0.3 is 0 Å². The minimum Gasteiger partial charge on any atom is -0.421 e. The van der Waals surface area contributed by atoms with Crippen molar-refractivity contribution in [3.63, 3.8) is 0 Å². The smallest absolute Gasteiger partial charge is 0.253 e. The Kier molecular flexibility index (Phi) is 4.92. The summed E-state index contributed by atoms with van der Waals surface area (Å²) in [5, 5.41) is 7.83. The topological polar surface area (TPSA) is 62.5 Å². The molecule has 0 unspecified atom stereocenters. The first kappa shape index (κ1) is 16.2. The summed E-state index contributed by atoms with van der Waals surface area (Å²) >= 11 is 0. The van der Waals surface area contributed by atoms with Crippen LogP contribution >= 0.6 is 0 Å². The van der Waals surface area contributed by atoms with Gasteiger partial charge in [0.25, 0.3) is 5.91 Å². The van der Waals surface area contributed by atoms with E-state index in [-0.39, 0.29) is 5.91 Å². The number of rotatable bonds is 4. The quantitative estimate of drug-likeness (QED) is 0.803. The molecule has 0 N–H and O–H groups in total. The lowest BCUT2D eigenvalue weighted by molar-refractivity contribution is 0.0640. The Morgan fingerprint density at radius 1 is 1.29 bits per heavy atom. The van der Waals surface area contributed by atoms with Crippen molar-refractivity contribution in [2.24, 2.45) is 0 Å². The summed E-state index contributed by atoms with van der Waals surface area (Å²) in [5.74, 6) is 3.62. The SMILES string of the molecule is C#CCCN1CCN(C(=O)c2cccc(-c3nnc(C)o3)c2)CC1. The van der Waals surface area contributed by atoms with Crippen LogP contribution in [0.2, 0.25) is 0 Å². The van der Waals surface area contributed by atoms with Crippen LogP contribution in [0.5, 0.6) is 0 Å². The second-order valence-corrected chi connectivity index (χ2v) is 5.80. The molecule has 1 amide bonds. The molecule has 0 aliphatic carbocycles. The van der Waals surface area contributed by atoms with E-state index in [0.29, 0.717) is 30.4 Å². The number of aromatic nitrogens is 2. The number of hydrogen-bond donors (Lipinski definition) is 0. The van der Waals surface area contributed by atoms with Crippen molar-refractivity contribution in [2.45, 2.75) is 13.3 Å². The van der Waals surface area contributed by atoms with Gasteiger partial charge in [0.2, 0.25) is 11.8 Å². The molecule has 1 aromatic heterocycles. The van der Waals surface area contributed by atoms with Crippen molar-refractivity contribution in [2.75, 3.05) is 32.7 Å². The third-order valence-electron chi connectivity index (χ3n) is 4.11. The highest BCUT2D eigenvalue weighted by atomic mass is 16.4. The molecule has 2 heterocycles. The molecule has 124 valence electrons. The fraction of sp³-hybridized carbons (Fsp3) is 0.389. The Morgan fingerprint density at radius 2 is 2.08 bits per heavy atom. The summed E-state index contributed by atoms with van der Waals surface area (Å²) in [6, 6.07) is 7.33. The Labute approximate surface area is 141 Å². The van der Waals surface area contributed by atoms with Gasteiger partial charge in [-0.05, 0) is 18.2 Å². The highest BCUT2D eigenvalue weighted by Gasteiger charge is 2.22. The fourth-order valence-corrected chi connectivity index (χ4v) is 2.78. The maximum atomic E-state index is 12.7. The maximum Gasteiger partial charge on any atom is 0.253 e. The van der Waals surface area contributed by atoms with Crippen LogP contribution in [-0.4, -0.2) is 58.6 Å². The van der Waals surface area contributed by atoms with E-state index in [2.05, 4.69) is 21.0 Å². The molecule has 0 bridgehead atoms. The lowest BCUT2D eigenvalue weighted by atomic mass is 10.1. The van der Waals surface area contributed by atoms with Crippen LogP contribution in [0.4, 0.5) is 0 Å². The van der Waals surface area contributed by atoms with Gasteiger partial charge in [0, 0.05) is 57.2 Å². The van der Waals surface area contributed by atoms with Gasteiger partial charge in [-0.3, -0.25) is 9.69 Å². The van der Waals surface area contributed by atoms with E-state index >= 15 is 0 Å².